The van der Waals surface area contributed by atoms with Crippen LogP contribution in [0.4, 0.5) is 0 Å². The topological polar surface area (TPSA) is 32.3 Å². The van der Waals surface area contributed by atoms with Gasteiger partial charge in [-0.2, -0.15) is 0 Å². The molecular formula is C10H17IN2O. The Morgan fingerprint density at radius 3 is 2.57 bits per heavy atom. The van der Waals surface area contributed by atoms with E-state index in [4.69, 9.17) is 0 Å². The minimum Gasteiger partial charge on any atom is -0.331 e. The second-order valence-corrected chi connectivity index (χ2v) is 6.16. The highest BCUT2D eigenvalue weighted by molar-refractivity contribution is 14.1. The predicted octanol–water partition coefficient (Wildman–Crippen LogP) is 1.37. The fourth-order valence-electron chi connectivity index (χ4n) is 2.56. The van der Waals surface area contributed by atoms with Crippen LogP contribution in [0.1, 0.15) is 26.2 Å². The third-order valence-electron chi connectivity index (χ3n) is 3.54. The van der Waals surface area contributed by atoms with Gasteiger partial charge >= 0.3 is 0 Å². The van der Waals surface area contributed by atoms with Crippen molar-refractivity contribution in [2.24, 2.45) is 5.41 Å². The van der Waals surface area contributed by atoms with Crippen molar-refractivity contribution in [3.8, 4) is 0 Å². The molecule has 1 amide bonds. The first kappa shape index (κ1) is 10.7. The van der Waals surface area contributed by atoms with Gasteiger partial charge in [-0.3, -0.25) is 4.79 Å². The molecule has 0 saturated carbocycles. The number of piperidine rings is 1. The second kappa shape index (κ2) is 3.96. The van der Waals surface area contributed by atoms with Gasteiger partial charge in [-0.1, -0.05) is 22.6 Å². The molecule has 2 aliphatic rings. The molecule has 2 aliphatic heterocycles. The molecule has 1 spiro atoms. The van der Waals surface area contributed by atoms with Crippen LogP contribution in [0.2, 0.25) is 0 Å². The van der Waals surface area contributed by atoms with Crippen molar-refractivity contribution < 1.29 is 4.79 Å². The lowest BCUT2D eigenvalue weighted by Gasteiger charge is -2.32. The lowest BCUT2D eigenvalue weighted by molar-refractivity contribution is -0.137. The van der Waals surface area contributed by atoms with E-state index in [-0.39, 0.29) is 5.41 Å². The lowest BCUT2D eigenvalue weighted by atomic mass is 9.78. The average Bonchev–Trinajstić information content (AvgIpc) is 2.46. The van der Waals surface area contributed by atoms with Gasteiger partial charge in [-0.25, -0.2) is 0 Å². The van der Waals surface area contributed by atoms with Gasteiger partial charge in [0.25, 0.3) is 0 Å². The van der Waals surface area contributed by atoms with E-state index in [2.05, 4.69) is 34.8 Å². The summed E-state index contributed by atoms with van der Waals surface area (Å²) in [6, 6.07) is 0. The third kappa shape index (κ3) is 1.66. The smallest absolute Gasteiger partial charge is 0.229 e. The molecule has 2 heterocycles. The van der Waals surface area contributed by atoms with Crippen LogP contribution in [0.15, 0.2) is 0 Å². The molecule has 0 aliphatic carbocycles. The molecule has 2 fully saturated rings. The van der Waals surface area contributed by atoms with Crippen LogP contribution >= 0.6 is 22.6 Å². The molecule has 0 aromatic carbocycles. The Kier molecular flexibility index (Phi) is 3.02. The summed E-state index contributed by atoms with van der Waals surface area (Å²) >= 11 is 2.33. The molecule has 2 saturated heterocycles. The van der Waals surface area contributed by atoms with Gasteiger partial charge in [-0.15, -0.1) is 0 Å². The second-order valence-electron chi connectivity index (χ2n) is 4.35. The minimum atomic E-state index is 0.00464. The van der Waals surface area contributed by atoms with Gasteiger partial charge in [0, 0.05) is 6.54 Å². The molecule has 1 atom stereocenters. The van der Waals surface area contributed by atoms with Gasteiger partial charge in [0.2, 0.25) is 5.91 Å². The van der Waals surface area contributed by atoms with E-state index in [1.54, 1.807) is 0 Å². The third-order valence-corrected chi connectivity index (χ3v) is 4.21. The quantitative estimate of drug-likeness (QED) is 0.451. The van der Waals surface area contributed by atoms with Crippen molar-refractivity contribution in [1.82, 2.24) is 10.2 Å². The summed E-state index contributed by atoms with van der Waals surface area (Å²) in [6.07, 6.45) is 3.14. The fourth-order valence-corrected chi connectivity index (χ4v) is 3.09. The molecule has 2 rings (SSSR count). The first-order valence-electron chi connectivity index (χ1n) is 5.32. The van der Waals surface area contributed by atoms with Crippen LogP contribution in [-0.2, 0) is 4.79 Å². The highest BCUT2D eigenvalue weighted by atomic mass is 127. The zero-order chi connectivity index (χ0) is 10.2. The monoisotopic (exact) mass is 308 g/mol. The van der Waals surface area contributed by atoms with Crippen LogP contribution in [0.3, 0.4) is 0 Å². The highest BCUT2D eigenvalue weighted by Gasteiger charge is 2.47. The number of rotatable bonds is 1. The average molecular weight is 308 g/mol. The molecule has 4 heteroatoms. The van der Waals surface area contributed by atoms with Crippen molar-refractivity contribution in [3.63, 3.8) is 0 Å². The van der Waals surface area contributed by atoms with E-state index in [1.165, 1.54) is 0 Å². The number of alkyl halides is 1. The summed E-state index contributed by atoms with van der Waals surface area (Å²) in [6.45, 7) is 5.08. The van der Waals surface area contributed by atoms with Crippen molar-refractivity contribution in [2.75, 3.05) is 19.6 Å². The van der Waals surface area contributed by atoms with E-state index in [0.717, 1.165) is 38.9 Å². The number of hydrogen-bond donors (Lipinski definition) is 1. The highest BCUT2D eigenvalue weighted by Crippen LogP contribution is 2.41. The van der Waals surface area contributed by atoms with Crippen molar-refractivity contribution in [3.05, 3.63) is 0 Å². The molecule has 1 N–H and O–H groups in total. The molecule has 1 unspecified atom stereocenters. The number of carbonyl (C=O) groups is 1. The van der Waals surface area contributed by atoms with Gasteiger partial charge < -0.3 is 10.2 Å². The Morgan fingerprint density at radius 2 is 2.07 bits per heavy atom. The number of amides is 1. The van der Waals surface area contributed by atoms with Crippen molar-refractivity contribution >= 4 is 28.5 Å². The van der Waals surface area contributed by atoms with Gasteiger partial charge in [0.1, 0.15) is 0 Å². The van der Waals surface area contributed by atoms with Crippen molar-refractivity contribution in [1.29, 1.82) is 0 Å². The molecule has 0 bridgehead atoms. The zero-order valence-electron chi connectivity index (χ0n) is 8.55. The SMILES string of the molecule is CC(I)N1CCC2(CCNCC2)C1=O. The number of carbonyl (C=O) groups excluding carboxylic acids is 1. The predicted molar refractivity (Wildman–Crippen MR) is 64.3 cm³/mol. The number of hydrogen-bond acceptors (Lipinski definition) is 2. The summed E-state index contributed by atoms with van der Waals surface area (Å²) in [4.78, 5) is 14.3. The standard InChI is InChI=1S/C10H17IN2O/c1-8(11)13-7-4-10(9(13)14)2-5-12-6-3-10/h8,12H,2-7H2,1H3. The van der Waals surface area contributed by atoms with E-state index in [9.17, 15) is 4.79 Å². The normalized spacial score (nSPS) is 28.4. The Hall–Kier alpha value is 0.160. The van der Waals surface area contributed by atoms with E-state index in [1.807, 2.05) is 4.90 Å². The molecule has 3 nitrogen and oxygen atoms in total. The maximum Gasteiger partial charge on any atom is 0.229 e. The van der Waals surface area contributed by atoms with Gasteiger partial charge in [0.15, 0.2) is 0 Å². The van der Waals surface area contributed by atoms with Crippen LogP contribution in [0.25, 0.3) is 0 Å². The minimum absolute atomic E-state index is 0.00464. The van der Waals surface area contributed by atoms with E-state index in [0.29, 0.717) is 9.96 Å². The van der Waals surface area contributed by atoms with Crippen LogP contribution in [0.5, 0.6) is 0 Å². The van der Waals surface area contributed by atoms with E-state index < -0.39 is 0 Å². The Labute approximate surface area is 98.7 Å². The number of halogens is 1. The van der Waals surface area contributed by atoms with Gasteiger partial charge in [0.05, 0.1) is 9.46 Å². The number of nitrogens with one attached hydrogen (secondary N) is 1. The molecule has 0 aromatic heterocycles. The number of likely N-dealkylation sites (tertiary alicyclic amines) is 1. The molecule has 0 radical (unpaired) electrons. The number of nitrogens with zero attached hydrogens (tertiary/aromatic N) is 1. The summed E-state index contributed by atoms with van der Waals surface area (Å²) in [7, 11) is 0. The fraction of sp³-hybridized carbons (Fsp3) is 0.900. The maximum atomic E-state index is 12.2. The first-order chi connectivity index (χ1) is 6.66. The largest absolute Gasteiger partial charge is 0.331 e. The Bertz CT molecular complexity index is 236. The summed E-state index contributed by atoms with van der Waals surface area (Å²) < 4.78 is 0.342. The first-order valence-corrected chi connectivity index (χ1v) is 6.56. The zero-order valence-corrected chi connectivity index (χ0v) is 10.7. The Morgan fingerprint density at radius 1 is 1.43 bits per heavy atom. The van der Waals surface area contributed by atoms with Crippen LogP contribution in [0, 0.1) is 5.41 Å². The molecule has 0 aromatic rings. The molecule has 14 heavy (non-hydrogen) atoms. The van der Waals surface area contributed by atoms with Crippen LogP contribution in [-0.4, -0.2) is 34.5 Å². The lowest BCUT2D eigenvalue weighted by Crippen LogP contribution is -2.43. The molecule has 80 valence electrons. The van der Waals surface area contributed by atoms with Crippen LogP contribution < -0.4 is 5.32 Å². The summed E-state index contributed by atoms with van der Waals surface area (Å²) in [5.41, 5.74) is 0.00464. The Balaban J connectivity index is 2.11. The van der Waals surface area contributed by atoms with Gasteiger partial charge in [-0.05, 0) is 39.3 Å². The maximum absolute atomic E-state index is 12.2. The van der Waals surface area contributed by atoms with E-state index >= 15 is 0 Å². The van der Waals surface area contributed by atoms with Crippen molar-refractivity contribution in [2.45, 2.75) is 30.2 Å². The molecular weight excluding hydrogens is 291 g/mol. The summed E-state index contributed by atoms with van der Waals surface area (Å²) in [5.74, 6) is 0.404. The summed E-state index contributed by atoms with van der Waals surface area (Å²) in [5, 5.41) is 3.33.